The highest BCUT2D eigenvalue weighted by molar-refractivity contribution is 7.92. The van der Waals surface area contributed by atoms with Gasteiger partial charge in [-0.1, -0.05) is 12.1 Å². The molecule has 2 rings (SSSR count). The number of nitrogens with zero attached hydrogens (tertiary/aromatic N) is 2. The molecular formula is C14H15N3O4S. The highest BCUT2D eigenvalue weighted by atomic mass is 32.2. The smallest absolute Gasteiger partial charge is 0.339 e. The lowest BCUT2D eigenvalue weighted by atomic mass is 10.2. The maximum absolute atomic E-state index is 12.5. The van der Waals surface area contributed by atoms with Crippen LogP contribution in [0.5, 0.6) is 0 Å². The predicted octanol–water partition coefficient (Wildman–Crippen LogP) is 1.68. The molecule has 0 aliphatic rings. The summed E-state index contributed by atoms with van der Waals surface area (Å²) >= 11 is 0. The number of aromatic nitrogens is 2. The Labute approximate surface area is 128 Å². The van der Waals surface area contributed by atoms with E-state index in [2.05, 4.69) is 19.4 Å². The summed E-state index contributed by atoms with van der Waals surface area (Å²) in [6.45, 7) is 3.46. The van der Waals surface area contributed by atoms with Crippen LogP contribution in [-0.4, -0.2) is 31.5 Å². The normalized spacial score (nSPS) is 11.0. The fraction of sp³-hybridized carbons (Fsp3) is 0.214. The highest BCUT2D eigenvalue weighted by Gasteiger charge is 2.23. The Morgan fingerprint density at radius 3 is 2.32 bits per heavy atom. The van der Waals surface area contributed by atoms with Crippen LogP contribution >= 0.6 is 0 Å². The van der Waals surface area contributed by atoms with Gasteiger partial charge in [-0.15, -0.1) is 0 Å². The van der Waals surface area contributed by atoms with Crippen molar-refractivity contribution in [2.75, 3.05) is 11.8 Å². The van der Waals surface area contributed by atoms with E-state index < -0.39 is 16.0 Å². The molecule has 0 aliphatic heterocycles. The van der Waals surface area contributed by atoms with Crippen molar-refractivity contribution in [2.24, 2.45) is 0 Å². The zero-order valence-corrected chi connectivity index (χ0v) is 13.1. The minimum Gasteiger partial charge on any atom is -0.465 e. The van der Waals surface area contributed by atoms with Crippen molar-refractivity contribution in [1.29, 1.82) is 0 Å². The summed E-state index contributed by atoms with van der Waals surface area (Å²) in [6.07, 6.45) is 0. The molecule has 0 atom stereocenters. The molecule has 1 aromatic heterocycles. The lowest BCUT2D eigenvalue weighted by molar-refractivity contribution is 0.0596. The van der Waals surface area contributed by atoms with Crippen LogP contribution in [0.4, 0.5) is 5.95 Å². The second kappa shape index (κ2) is 6.10. The highest BCUT2D eigenvalue weighted by Crippen LogP contribution is 2.19. The Morgan fingerprint density at radius 1 is 1.14 bits per heavy atom. The Balaban J connectivity index is 2.45. The first-order valence-electron chi connectivity index (χ1n) is 6.36. The van der Waals surface area contributed by atoms with Gasteiger partial charge >= 0.3 is 5.97 Å². The van der Waals surface area contributed by atoms with Crippen LogP contribution in [0.2, 0.25) is 0 Å². The monoisotopic (exact) mass is 321 g/mol. The Hall–Kier alpha value is -2.48. The molecule has 8 heteroatoms. The fourth-order valence-electron chi connectivity index (χ4n) is 1.93. The fourth-order valence-corrected chi connectivity index (χ4v) is 3.07. The number of hydrogen-bond acceptors (Lipinski definition) is 6. The molecule has 22 heavy (non-hydrogen) atoms. The molecule has 0 bridgehead atoms. The quantitative estimate of drug-likeness (QED) is 0.860. The first-order chi connectivity index (χ1) is 10.3. The van der Waals surface area contributed by atoms with Crippen molar-refractivity contribution in [3.05, 3.63) is 47.3 Å². The number of rotatable bonds is 4. The molecule has 0 unspecified atom stereocenters. The van der Waals surface area contributed by atoms with Crippen molar-refractivity contribution in [2.45, 2.75) is 18.7 Å². The average Bonchev–Trinajstić information content (AvgIpc) is 2.44. The Bertz CT molecular complexity index is 798. The first kappa shape index (κ1) is 15.9. The average molecular weight is 321 g/mol. The molecule has 0 saturated heterocycles. The number of carbonyl (C=O) groups is 1. The van der Waals surface area contributed by atoms with Crippen LogP contribution in [-0.2, 0) is 14.8 Å². The van der Waals surface area contributed by atoms with Crippen molar-refractivity contribution in [3.8, 4) is 0 Å². The maximum Gasteiger partial charge on any atom is 0.339 e. The van der Waals surface area contributed by atoms with E-state index in [-0.39, 0.29) is 16.4 Å². The van der Waals surface area contributed by atoms with E-state index in [1.807, 2.05) is 0 Å². The minimum absolute atomic E-state index is 0.0443. The van der Waals surface area contributed by atoms with Crippen LogP contribution in [0.3, 0.4) is 0 Å². The number of esters is 1. The van der Waals surface area contributed by atoms with Gasteiger partial charge in [0.25, 0.3) is 10.0 Å². The van der Waals surface area contributed by atoms with Gasteiger partial charge in [0.05, 0.1) is 12.7 Å². The summed E-state index contributed by atoms with van der Waals surface area (Å²) in [6, 6.07) is 7.49. The van der Waals surface area contributed by atoms with Crippen LogP contribution in [0.1, 0.15) is 21.7 Å². The summed E-state index contributed by atoms with van der Waals surface area (Å²) in [5.74, 6) is -0.778. The summed E-state index contributed by atoms with van der Waals surface area (Å²) in [4.78, 5) is 19.5. The second-order valence-electron chi connectivity index (χ2n) is 4.57. The molecule has 1 heterocycles. The zero-order valence-electron chi connectivity index (χ0n) is 12.3. The van der Waals surface area contributed by atoms with E-state index in [0.717, 1.165) is 0 Å². The number of carbonyl (C=O) groups excluding carboxylic acids is 1. The number of nitrogens with one attached hydrogen (secondary N) is 1. The van der Waals surface area contributed by atoms with Gasteiger partial charge in [-0.25, -0.2) is 27.9 Å². The molecular weight excluding hydrogens is 306 g/mol. The first-order valence-corrected chi connectivity index (χ1v) is 7.84. The van der Waals surface area contributed by atoms with Crippen molar-refractivity contribution in [1.82, 2.24) is 9.97 Å². The number of ether oxygens (including phenoxy) is 1. The molecule has 1 aromatic carbocycles. The summed E-state index contributed by atoms with van der Waals surface area (Å²) in [5, 5.41) is 0. The van der Waals surface area contributed by atoms with Crippen LogP contribution < -0.4 is 4.72 Å². The van der Waals surface area contributed by atoms with Gasteiger partial charge in [-0.2, -0.15) is 0 Å². The zero-order chi connectivity index (χ0) is 16.3. The van der Waals surface area contributed by atoms with Crippen molar-refractivity contribution >= 4 is 21.9 Å². The van der Waals surface area contributed by atoms with Gasteiger partial charge < -0.3 is 4.74 Å². The summed E-state index contributed by atoms with van der Waals surface area (Å²) in [5.41, 5.74) is 1.21. The van der Waals surface area contributed by atoms with Crippen molar-refractivity contribution in [3.63, 3.8) is 0 Å². The molecule has 0 radical (unpaired) electrons. The third kappa shape index (κ3) is 3.40. The minimum atomic E-state index is -4.01. The van der Waals surface area contributed by atoms with E-state index >= 15 is 0 Å². The Morgan fingerprint density at radius 2 is 1.73 bits per heavy atom. The number of anilines is 1. The molecule has 0 fully saturated rings. The lowest BCUT2D eigenvalue weighted by Gasteiger charge is -2.10. The standard InChI is InChI=1S/C14H15N3O4S/c1-9-8-10(2)16-14(15-9)17-22(19,20)12-7-5-4-6-11(12)13(18)21-3/h4-8H,1-3H3,(H,15,16,17). The van der Waals surface area contributed by atoms with E-state index in [4.69, 9.17) is 0 Å². The topological polar surface area (TPSA) is 98.2 Å². The predicted molar refractivity (Wildman–Crippen MR) is 80.1 cm³/mol. The van der Waals surface area contributed by atoms with Gasteiger partial charge in [0, 0.05) is 11.4 Å². The molecule has 2 aromatic rings. The van der Waals surface area contributed by atoms with Gasteiger partial charge in [0.15, 0.2) is 0 Å². The molecule has 116 valence electrons. The summed E-state index contributed by atoms with van der Waals surface area (Å²) < 4.78 is 31.8. The second-order valence-corrected chi connectivity index (χ2v) is 6.22. The third-order valence-electron chi connectivity index (χ3n) is 2.79. The number of methoxy groups -OCH3 is 1. The van der Waals surface area contributed by atoms with Gasteiger partial charge in [-0.05, 0) is 32.0 Å². The number of hydrogen-bond donors (Lipinski definition) is 1. The SMILES string of the molecule is COC(=O)c1ccccc1S(=O)(=O)Nc1nc(C)cc(C)n1. The van der Waals surface area contributed by atoms with E-state index in [1.54, 1.807) is 26.0 Å². The van der Waals surface area contributed by atoms with Crippen molar-refractivity contribution < 1.29 is 17.9 Å². The number of aryl methyl sites for hydroxylation is 2. The third-order valence-corrected chi connectivity index (χ3v) is 4.18. The van der Waals surface area contributed by atoms with E-state index in [9.17, 15) is 13.2 Å². The van der Waals surface area contributed by atoms with E-state index in [0.29, 0.717) is 11.4 Å². The molecule has 7 nitrogen and oxygen atoms in total. The number of sulfonamides is 1. The molecule has 0 saturated carbocycles. The molecule has 0 aliphatic carbocycles. The molecule has 0 spiro atoms. The van der Waals surface area contributed by atoms with E-state index in [1.165, 1.54) is 25.3 Å². The van der Waals surface area contributed by atoms with Gasteiger partial charge in [0.1, 0.15) is 4.90 Å². The van der Waals surface area contributed by atoms with Gasteiger partial charge in [0.2, 0.25) is 5.95 Å². The summed E-state index contributed by atoms with van der Waals surface area (Å²) in [7, 11) is -2.82. The van der Waals surface area contributed by atoms with Crippen LogP contribution in [0, 0.1) is 13.8 Å². The lowest BCUT2D eigenvalue weighted by Crippen LogP contribution is -2.19. The molecule has 1 N–H and O–H groups in total. The Kier molecular flexibility index (Phi) is 4.41. The maximum atomic E-state index is 12.5. The van der Waals surface area contributed by atoms with Crippen LogP contribution in [0.25, 0.3) is 0 Å². The van der Waals surface area contributed by atoms with Crippen LogP contribution in [0.15, 0.2) is 35.2 Å². The van der Waals surface area contributed by atoms with Gasteiger partial charge in [-0.3, -0.25) is 0 Å². The molecule has 0 amide bonds. The largest absolute Gasteiger partial charge is 0.465 e. The number of benzene rings is 1.